The smallest absolute Gasteiger partial charge is 0.111 e. The van der Waals surface area contributed by atoms with E-state index in [2.05, 4.69) is 45.7 Å². The predicted molar refractivity (Wildman–Crippen MR) is 68.3 cm³/mol. The van der Waals surface area contributed by atoms with Crippen LogP contribution in [0.1, 0.15) is 11.4 Å². The van der Waals surface area contributed by atoms with E-state index in [0.717, 1.165) is 22.5 Å². The summed E-state index contributed by atoms with van der Waals surface area (Å²) in [6, 6.07) is 10.3. The molecule has 17 heavy (non-hydrogen) atoms. The standard InChI is InChI=1S/C14H13N3/c1-10-4-3-5-12(8-10)17-11(2)16-13-6-7-15-9-14(13)17/h3-9H,1-2H3. The number of benzene rings is 1. The molecule has 0 aliphatic heterocycles. The molecule has 0 saturated carbocycles. The van der Waals surface area contributed by atoms with Crippen LogP contribution in [-0.2, 0) is 0 Å². The Balaban J connectivity index is 2.33. The van der Waals surface area contributed by atoms with E-state index in [0.29, 0.717) is 0 Å². The highest BCUT2D eigenvalue weighted by molar-refractivity contribution is 5.77. The third kappa shape index (κ3) is 1.60. The fourth-order valence-corrected chi connectivity index (χ4v) is 2.14. The lowest BCUT2D eigenvalue weighted by molar-refractivity contribution is 0.997. The average molecular weight is 223 g/mol. The van der Waals surface area contributed by atoms with E-state index in [4.69, 9.17) is 0 Å². The average Bonchev–Trinajstić information content (AvgIpc) is 2.64. The van der Waals surface area contributed by atoms with E-state index < -0.39 is 0 Å². The number of hydrogen-bond acceptors (Lipinski definition) is 2. The van der Waals surface area contributed by atoms with Crippen molar-refractivity contribution < 1.29 is 0 Å². The number of nitrogens with zero attached hydrogens (tertiary/aromatic N) is 3. The fourth-order valence-electron chi connectivity index (χ4n) is 2.14. The van der Waals surface area contributed by atoms with Crippen LogP contribution < -0.4 is 0 Å². The normalized spacial score (nSPS) is 10.9. The minimum atomic E-state index is 0.985. The van der Waals surface area contributed by atoms with Gasteiger partial charge in [0, 0.05) is 11.9 Å². The van der Waals surface area contributed by atoms with Crippen LogP contribution in [0.15, 0.2) is 42.7 Å². The predicted octanol–water partition coefficient (Wildman–Crippen LogP) is 3.04. The van der Waals surface area contributed by atoms with E-state index in [1.165, 1.54) is 5.56 Å². The van der Waals surface area contributed by atoms with Gasteiger partial charge in [-0.05, 0) is 37.6 Å². The molecule has 0 fully saturated rings. The second kappa shape index (κ2) is 3.70. The molecule has 0 radical (unpaired) electrons. The second-order valence-corrected chi connectivity index (χ2v) is 4.20. The summed E-state index contributed by atoms with van der Waals surface area (Å²) in [6.45, 7) is 4.11. The Bertz CT molecular complexity index is 683. The highest BCUT2D eigenvalue weighted by Gasteiger charge is 2.08. The molecule has 0 aliphatic rings. The molecule has 0 atom stereocenters. The summed E-state index contributed by atoms with van der Waals surface area (Å²) in [4.78, 5) is 8.72. The Morgan fingerprint density at radius 3 is 2.82 bits per heavy atom. The molecule has 0 bridgehead atoms. The number of fused-ring (bicyclic) bond motifs is 1. The van der Waals surface area contributed by atoms with Crippen molar-refractivity contribution in [2.24, 2.45) is 0 Å². The zero-order chi connectivity index (χ0) is 11.8. The van der Waals surface area contributed by atoms with Crippen molar-refractivity contribution >= 4 is 11.0 Å². The maximum absolute atomic E-state index is 4.54. The number of aromatic nitrogens is 3. The zero-order valence-electron chi connectivity index (χ0n) is 9.88. The molecular formula is C14H13N3. The van der Waals surface area contributed by atoms with Crippen LogP contribution in [0.25, 0.3) is 16.7 Å². The van der Waals surface area contributed by atoms with Crippen LogP contribution in [0.4, 0.5) is 0 Å². The van der Waals surface area contributed by atoms with Crippen LogP contribution >= 0.6 is 0 Å². The molecule has 84 valence electrons. The van der Waals surface area contributed by atoms with E-state index in [9.17, 15) is 0 Å². The highest BCUT2D eigenvalue weighted by Crippen LogP contribution is 2.20. The molecule has 0 N–H and O–H groups in total. The summed E-state index contributed by atoms with van der Waals surface area (Å²) >= 11 is 0. The third-order valence-electron chi connectivity index (χ3n) is 2.88. The Morgan fingerprint density at radius 1 is 1.12 bits per heavy atom. The molecule has 3 heteroatoms. The molecule has 0 spiro atoms. The van der Waals surface area contributed by atoms with Crippen molar-refractivity contribution in [3.8, 4) is 5.69 Å². The lowest BCUT2D eigenvalue weighted by Gasteiger charge is -2.07. The first kappa shape index (κ1) is 10.0. The van der Waals surface area contributed by atoms with Gasteiger partial charge in [0.25, 0.3) is 0 Å². The van der Waals surface area contributed by atoms with Crippen molar-refractivity contribution in [1.82, 2.24) is 14.5 Å². The minimum absolute atomic E-state index is 0.985. The number of pyridine rings is 1. The van der Waals surface area contributed by atoms with Crippen LogP contribution in [0.3, 0.4) is 0 Å². The molecule has 3 rings (SSSR count). The molecular weight excluding hydrogens is 210 g/mol. The van der Waals surface area contributed by atoms with Gasteiger partial charge in [-0.1, -0.05) is 12.1 Å². The van der Waals surface area contributed by atoms with Gasteiger partial charge in [0.1, 0.15) is 5.82 Å². The summed E-state index contributed by atoms with van der Waals surface area (Å²) in [5, 5.41) is 0. The van der Waals surface area contributed by atoms with Crippen LogP contribution in [0.2, 0.25) is 0 Å². The van der Waals surface area contributed by atoms with Crippen molar-refractivity contribution in [1.29, 1.82) is 0 Å². The third-order valence-corrected chi connectivity index (χ3v) is 2.88. The molecule has 3 nitrogen and oxygen atoms in total. The Labute approximate surface area is 99.8 Å². The second-order valence-electron chi connectivity index (χ2n) is 4.20. The molecule has 3 aromatic rings. The Morgan fingerprint density at radius 2 is 2.00 bits per heavy atom. The summed E-state index contributed by atoms with van der Waals surface area (Å²) < 4.78 is 2.13. The van der Waals surface area contributed by atoms with Gasteiger partial charge >= 0.3 is 0 Å². The van der Waals surface area contributed by atoms with Gasteiger partial charge in [-0.15, -0.1) is 0 Å². The van der Waals surface area contributed by atoms with Gasteiger partial charge in [0.2, 0.25) is 0 Å². The number of aryl methyl sites for hydroxylation is 2. The molecule has 2 aromatic heterocycles. The Kier molecular flexibility index (Phi) is 2.18. The number of imidazole rings is 1. The van der Waals surface area contributed by atoms with Crippen molar-refractivity contribution in [3.05, 3.63) is 54.1 Å². The van der Waals surface area contributed by atoms with Crippen molar-refractivity contribution in [2.75, 3.05) is 0 Å². The monoisotopic (exact) mass is 223 g/mol. The summed E-state index contributed by atoms with van der Waals surface area (Å²) in [5.74, 6) is 0.985. The topological polar surface area (TPSA) is 30.7 Å². The highest BCUT2D eigenvalue weighted by atomic mass is 15.1. The van der Waals surface area contributed by atoms with E-state index >= 15 is 0 Å². The van der Waals surface area contributed by atoms with Gasteiger partial charge in [0.15, 0.2) is 0 Å². The molecule has 0 aliphatic carbocycles. The quantitative estimate of drug-likeness (QED) is 0.634. The Hall–Kier alpha value is -2.16. The van der Waals surface area contributed by atoms with Crippen molar-refractivity contribution in [3.63, 3.8) is 0 Å². The fraction of sp³-hybridized carbons (Fsp3) is 0.143. The molecule has 0 amide bonds. The number of hydrogen-bond donors (Lipinski definition) is 0. The van der Waals surface area contributed by atoms with Crippen molar-refractivity contribution in [2.45, 2.75) is 13.8 Å². The van der Waals surface area contributed by atoms with E-state index in [1.807, 2.05) is 19.2 Å². The first-order valence-electron chi connectivity index (χ1n) is 5.62. The first-order chi connectivity index (χ1) is 8.25. The van der Waals surface area contributed by atoms with Gasteiger partial charge < -0.3 is 0 Å². The first-order valence-corrected chi connectivity index (χ1v) is 5.62. The SMILES string of the molecule is Cc1cccc(-n2c(C)nc3ccncc32)c1. The van der Waals surface area contributed by atoms with Crippen LogP contribution in [-0.4, -0.2) is 14.5 Å². The van der Waals surface area contributed by atoms with Gasteiger partial charge in [0.05, 0.1) is 17.2 Å². The van der Waals surface area contributed by atoms with Crippen LogP contribution in [0.5, 0.6) is 0 Å². The number of rotatable bonds is 1. The molecule has 1 aromatic carbocycles. The van der Waals surface area contributed by atoms with Crippen LogP contribution in [0, 0.1) is 13.8 Å². The zero-order valence-corrected chi connectivity index (χ0v) is 9.88. The lowest BCUT2D eigenvalue weighted by Crippen LogP contribution is -1.97. The molecule has 0 saturated heterocycles. The minimum Gasteiger partial charge on any atom is -0.295 e. The summed E-state index contributed by atoms with van der Waals surface area (Å²) in [6.07, 6.45) is 3.63. The largest absolute Gasteiger partial charge is 0.295 e. The lowest BCUT2D eigenvalue weighted by atomic mass is 10.2. The summed E-state index contributed by atoms with van der Waals surface area (Å²) in [5.41, 5.74) is 4.42. The summed E-state index contributed by atoms with van der Waals surface area (Å²) in [7, 11) is 0. The molecule has 2 heterocycles. The van der Waals surface area contributed by atoms with E-state index in [-0.39, 0.29) is 0 Å². The maximum Gasteiger partial charge on any atom is 0.111 e. The van der Waals surface area contributed by atoms with E-state index in [1.54, 1.807) is 6.20 Å². The maximum atomic E-state index is 4.54. The van der Waals surface area contributed by atoms with Gasteiger partial charge in [-0.2, -0.15) is 0 Å². The van der Waals surface area contributed by atoms with Gasteiger partial charge in [-0.3, -0.25) is 9.55 Å². The van der Waals surface area contributed by atoms with Gasteiger partial charge in [-0.25, -0.2) is 4.98 Å². The molecule has 0 unspecified atom stereocenters.